The second kappa shape index (κ2) is 8.69. The third-order valence-corrected chi connectivity index (χ3v) is 3.34. The maximum absolute atomic E-state index is 12.4. The van der Waals surface area contributed by atoms with Crippen molar-refractivity contribution in [3.05, 3.63) is 0 Å². The third kappa shape index (κ3) is 4.72. The molecule has 0 radical (unpaired) electrons. The van der Waals surface area contributed by atoms with Crippen LogP contribution in [0.3, 0.4) is 0 Å². The number of rotatable bonds is 7. The lowest BCUT2D eigenvalue weighted by atomic mass is 9.97. The standard InChI is InChI=1S/C12H24N2O3.ClH/c1-16-9-7-14(8-10-17-2)11(15)12(13)5-3-4-6-12;/h3-10,13H2,1-2H3;1H. The van der Waals surface area contributed by atoms with Gasteiger partial charge in [0.15, 0.2) is 0 Å². The molecular formula is C12H25ClN2O3. The van der Waals surface area contributed by atoms with E-state index < -0.39 is 5.54 Å². The predicted molar refractivity (Wildman–Crippen MR) is 73.0 cm³/mol. The summed E-state index contributed by atoms with van der Waals surface area (Å²) in [5.74, 6) is 0.0455. The number of amides is 1. The quantitative estimate of drug-likeness (QED) is 0.749. The largest absolute Gasteiger partial charge is 0.383 e. The first-order chi connectivity index (χ1) is 8.14. The van der Waals surface area contributed by atoms with Crippen molar-refractivity contribution < 1.29 is 14.3 Å². The molecule has 0 aromatic carbocycles. The Labute approximate surface area is 115 Å². The predicted octanol–water partition coefficient (Wildman–Crippen LogP) is 0.801. The average molecular weight is 281 g/mol. The molecule has 1 saturated carbocycles. The summed E-state index contributed by atoms with van der Waals surface area (Å²) in [4.78, 5) is 14.1. The highest BCUT2D eigenvalue weighted by Gasteiger charge is 2.39. The summed E-state index contributed by atoms with van der Waals surface area (Å²) >= 11 is 0. The minimum atomic E-state index is -0.651. The van der Waals surface area contributed by atoms with Crippen LogP contribution in [0.25, 0.3) is 0 Å². The van der Waals surface area contributed by atoms with Crippen molar-refractivity contribution in [1.82, 2.24) is 4.90 Å². The number of nitrogens with zero attached hydrogens (tertiary/aromatic N) is 1. The molecule has 1 fully saturated rings. The molecule has 0 aliphatic heterocycles. The average Bonchev–Trinajstić information content (AvgIpc) is 2.77. The number of hydrogen-bond acceptors (Lipinski definition) is 4. The monoisotopic (exact) mass is 280 g/mol. The van der Waals surface area contributed by atoms with Gasteiger partial charge in [-0.1, -0.05) is 12.8 Å². The van der Waals surface area contributed by atoms with Crippen LogP contribution in [0, 0.1) is 0 Å². The minimum Gasteiger partial charge on any atom is -0.383 e. The van der Waals surface area contributed by atoms with Crippen LogP contribution in [0.4, 0.5) is 0 Å². The molecule has 0 saturated heterocycles. The minimum absolute atomic E-state index is 0. The molecule has 1 amide bonds. The van der Waals surface area contributed by atoms with E-state index in [9.17, 15) is 4.79 Å². The summed E-state index contributed by atoms with van der Waals surface area (Å²) in [5, 5.41) is 0. The van der Waals surface area contributed by atoms with Gasteiger partial charge in [-0.2, -0.15) is 0 Å². The first kappa shape index (κ1) is 17.6. The second-order valence-electron chi connectivity index (χ2n) is 4.64. The zero-order valence-electron chi connectivity index (χ0n) is 11.3. The molecular weight excluding hydrogens is 256 g/mol. The van der Waals surface area contributed by atoms with Gasteiger partial charge in [-0.05, 0) is 12.8 Å². The molecule has 6 heteroatoms. The van der Waals surface area contributed by atoms with E-state index in [0.717, 1.165) is 25.7 Å². The molecule has 0 unspecified atom stereocenters. The lowest BCUT2D eigenvalue weighted by Crippen LogP contribution is -2.54. The molecule has 5 nitrogen and oxygen atoms in total. The van der Waals surface area contributed by atoms with Crippen LogP contribution in [-0.4, -0.2) is 56.9 Å². The smallest absolute Gasteiger partial charge is 0.242 e. The summed E-state index contributed by atoms with van der Waals surface area (Å²) in [7, 11) is 3.26. The molecule has 1 aliphatic carbocycles. The Kier molecular flexibility index (Phi) is 8.52. The van der Waals surface area contributed by atoms with Crippen LogP contribution in [0.15, 0.2) is 0 Å². The highest BCUT2D eigenvalue weighted by molar-refractivity contribution is 5.86. The molecule has 0 aromatic heterocycles. The molecule has 0 bridgehead atoms. The van der Waals surface area contributed by atoms with E-state index >= 15 is 0 Å². The van der Waals surface area contributed by atoms with E-state index in [4.69, 9.17) is 15.2 Å². The van der Waals surface area contributed by atoms with Crippen LogP contribution >= 0.6 is 12.4 Å². The van der Waals surface area contributed by atoms with Gasteiger partial charge in [0.1, 0.15) is 0 Å². The maximum Gasteiger partial charge on any atom is 0.242 e. The molecule has 108 valence electrons. The zero-order valence-corrected chi connectivity index (χ0v) is 12.1. The van der Waals surface area contributed by atoms with Gasteiger partial charge in [-0.15, -0.1) is 12.4 Å². The van der Waals surface area contributed by atoms with Gasteiger partial charge in [0.05, 0.1) is 18.8 Å². The Morgan fingerprint density at radius 2 is 1.61 bits per heavy atom. The van der Waals surface area contributed by atoms with E-state index in [1.54, 1.807) is 19.1 Å². The lowest BCUT2D eigenvalue weighted by Gasteiger charge is -2.31. The normalized spacial score (nSPS) is 17.3. The second-order valence-corrected chi connectivity index (χ2v) is 4.64. The van der Waals surface area contributed by atoms with Crippen LogP contribution in [0.2, 0.25) is 0 Å². The molecule has 0 atom stereocenters. The summed E-state index contributed by atoms with van der Waals surface area (Å²) in [6, 6.07) is 0. The van der Waals surface area contributed by atoms with Crippen LogP contribution < -0.4 is 5.73 Å². The Hall–Kier alpha value is -0.360. The van der Waals surface area contributed by atoms with Crippen molar-refractivity contribution >= 4 is 18.3 Å². The van der Waals surface area contributed by atoms with Gasteiger partial charge in [0.2, 0.25) is 5.91 Å². The van der Waals surface area contributed by atoms with Crippen LogP contribution in [0.1, 0.15) is 25.7 Å². The summed E-state index contributed by atoms with van der Waals surface area (Å²) in [6.07, 6.45) is 3.68. The van der Waals surface area contributed by atoms with Crippen molar-refractivity contribution in [2.75, 3.05) is 40.5 Å². The molecule has 0 spiro atoms. The fraction of sp³-hybridized carbons (Fsp3) is 0.917. The molecule has 1 aliphatic rings. The molecule has 18 heavy (non-hydrogen) atoms. The number of hydrogen-bond donors (Lipinski definition) is 1. The Balaban J connectivity index is 0.00000289. The fourth-order valence-corrected chi connectivity index (χ4v) is 2.25. The molecule has 0 aromatic rings. The van der Waals surface area contributed by atoms with Gasteiger partial charge in [0.25, 0.3) is 0 Å². The van der Waals surface area contributed by atoms with Crippen molar-refractivity contribution in [3.63, 3.8) is 0 Å². The topological polar surface area (TPSA) is 64.8 Å². The van der Waals surface area contributed by atoms with E-state index in [-0.39, 0.29) is 18.3 Å². The summed E-state index contributed by atoms with van der Waals surface area (Å²) in [6.45, 7) is 2.23. The lowest BCUT2D eigenvalue weighted by molar-refractivity contribution is -0.138. The Bertz CT molecular complexity index is 237. The van der Waals surface area contributed by atoms with Crippen LogP contribution in [0.5, 0.6) is 0 Å². The first-order valence-corrected chi connectivity index (χ1v) is 6.20. The summed E-state index contributed by atoms with van der Waals surface area (Å²) in [5.41, 5.74) is 5.52. The number of ether oxygens (including phenoxy) is 2. The third-order valence-electron chi connectivity index (χ3n) is 3.34. The van der Waals surface area contributed by atoms with Gasteiger partial charge in [0, 0.05) is 27.3 Å². The first-order valence-electron chi connectivity index (χ1n) is 6.20. The van der Waals surface area contributed by atoms with Crippen molar-refractivity contribution in [2.45, 2.75) is 31.2 Å². The van der Waals surface area contributed by atoms with Crippen molar-refractivity contribution in [2.24, 2.45) is 5.73 Å². The van der Waals surface area contributed by atoms with Gasteiger partial charge in [-0.3, -0.25) is 4.79 Å². The fourth-order valence-electron chi connectivity index (χ4n) is 2.25. The Morgan fingerprint density at radius 1 is 1.17 bits per heavy atom. The van der Waals surface area contributed by atoms with E-state index in [1.165, 1.54) is 0 Å². The van der Waals surface area contributed by atoms with E-state index in [2.05, 4.69) is 0 Å². The number of carbonyl (C=O) groups is 1. The number of carbonyl (C=O) groups excluding carboxylic acids is 1. The SMILES string of the molecule is COCCN(CCOC)C(=O)C1(N)CCCC1.Cl. The number of halogens is 1. The highest BCUT2D eigenvalue weighted by Crippen LogP contribution is 2.28. The Morgan fingerprint density at radius 3 is 2.00 bits per heavy atom. The van der Waals surface area contributed by atoms with Crippen LogP contribution in [-0.2, 0) is 14.3 Å². The molecule has 2 N–H and O–H groups in total. The van der Waals surface area contributed by atoms with Gasteiger partial charge < -0.3 is 20.1 Å². The van der Waals surface area contributed by atoms with E-state index in [1.807, 2.05) is 0 Å². The maximum atomic E-state index is 12.4. The summed E-state index contributed by atoms with van der Waals surface area (Å²) < 4.78 is 10.0. The van der Waals surface area contributed by atoms with E-state index in [0.29, 0.717) is 26.3 Å². The number of methoxy groups -OCH3 is 2. The van der Waals surface area contributed by atoms with Gasteiger partial charge >= 0.3 is 0 Å². The molecule has 0 heterocycles. The zero-order chi connectivity index (χ0) is 12.7. The molecule has 1 rings (SSSR count). The highest BCUT2D eigenvalue weighted by atomic mass is 35.5. The van der Waals surface area contributed by atoms with Crippen molar-refractivity contribution in [3.8, 4) is 0 Å². The van der Waals surface area contributed by atoms with Crippen molar-refractivity contribution in [1.29, 1.82) is 0 Å². The van der Waals surface area contributed by atoms with Gasteiger partial charge in [-0.25, -0.2) is 0 Å². The number of nitrogens with two attached hydrogens (primary N) is 1.